The van der Waals surface area contributed by atoms with E-state index in [0.29, 0.717) is 5.82 Å². The maximum atomic E-state index is 4.54. The Bertz CT molecular complexity index is 1250. The van der Waals surface area contributed by atoms with Gasteiger partial charge in [-0.1, -0.05) is 84.9 Å². The van der Waals surface area contributed by atoms with Crippen LogP contribution in [-0.4, -0.2) is 19.9 Å². The van der Waals surface area contributed by atoms with Crippen LogP contribution in [0.1, 0.15) is 0 Å². The first-order valence-electron chi connectivity index (χ1n) is 9.72. The molecule has 0 aliphatic carbocycles. The van der Waals surface area contributed by atoms with Gasteiger partial charge in [0.25, 0.3) is 0 Å². The van der Waals surface area contributed by atoms with Crippen LogP contribution in [0.4, 0.5) is 0 Å². The summed E-state index contributed by atoms with van der Waals surface area (Å²) < 4.78 is 0. The summed E-state index contributed by atoms with van der Waals surface area (Å²) in [7, 11) is 0. The van der Waals surface area contributed by atoms with Crippen molar-refractivity contribution in [3.05, 3.63) is 110 Å². The van der Waals surface area contributed by atoms with Crippen LogP contribution in [0.15, 0.2) is 110 Å². The minimum absolute atomic E-state index is 0.703. The zero-order valence-electron chi connectivity index (χ0n) is 16.2. The second kappa shape index (κ2) is 8.05. The molecule has 0 amide bonds. The van der Waals surface area contributed by atoms with Gasteiger partial charge in [-0.25, -0.2) is 19.9 Å². The van der Waals surface area contributed by atoms with Gasteiger partial charge in [0.1, 0.15) is 6.33 Å². The Balaban J connectivity index is 1.40. The third-order valence-electron chi connectivity index (χ3n) is 4.93. The first-order chi connectivity index (χ1) is 14.9. The van der Waals surface area contributed by atoms with Crippen molar-refractivity contribution < 1.29 is 0 Å². The topological polar surface area (TPSA) is 51.6 Å². The maximum absolute atomic E-state index is 4.54. The van der Waals surface area contributed by atoms with E-state index in [4.69, 9.17) is 0 Å². The van der Waals surface area contributed by atoms with Gasteiger partial charge in [0.2, 0.25) is 0 Å². The normalized spacial score (nSPS) is 10.7. The molecular formula is C26H18N4. The van der Waals surface area contributed by atoms with Crippen LogP contribution in [0.25, 0.3) is 45.0 Å². The molecule has 5 aromatic rings. The largest absolute Gasteiger partial charge is 0.236 e. The quantitative estimate of drug-likeness (QED) is 0.384. The number of aromatic nitrogens is 4. The van der Waals surface area contributed by atoms with E-state index in [1.807, 2.05) is 91.3 Å². The highest BCUT2D eigenvalue weighted by Gasteiger charge is 2.07. The number of hydrogen-bond donors (Lipinski definition) is 0. The van der Waals surface area contributed by atoms with Crippen molar-refractivity contribution in [2.75, 3.05) is 0 Å². The van der Waals surface area contributed by atoms with Gasteiger partial charge in [0.05, 0.1) is 11.4 Å². The molecule has 0 saturated carbocycles. The zero-order valence-corrected chi connectivity index (χ0v) is 16.2. The van der Waals surface area contributed by atoms with E-state index in [0.717, 1.165) is 39.2 Å². The minimum Gasteiger partial charge on any atom is -0.236 e. The summed E-state index contributed by atoms with van der Waals surface area (Å²) in [5.74, 6) is 0.703. The Kier molecular flexibility index (Phi) is 4.80. The fourth-order valence-electron chi connectivity index (χ4n) is 3.33. The van der Waals surface area contributed by atoms with Crippen molar-refractivity contribution >= 4 is 0 Å². The van der Waals surface area contributed by atoms with Crippen molar-refractivity contribution in [2.45, 2.75) is 0 Å². The van der Waals surface area contributed by atoms with E-state index in [1.165, 1.54) is 0 Å². The summed E-state index contributed by atoms with van der Waals surface area (Å²) in [6.45, 7) is 0. The van der Waals surface area contributed by atoms with E-state index >= 15 is 0 Å². The third-order valence-corrected chi connectivity index (χ3v) is 4.93. The summed E-state index contributed by atoms with van der Waals surface area (Å²) in [5, 5.41) is 0. The molecular weight excluding hydrogens is 368 g/mol. The lowest BCUT2D eigenvalue weighted by atomic mass is 10.1. The molecule has 5 rings (SSSR count). The number of nitrogens with zero attached hydrogens (tertiary/aromatic N) is 4. The average molecular weight is 386 g/mol. The lowest BCUT2D eigenvalue weighted by molar-refractivity contribution is 1.17. The molecule has 0 radical (unpaired) electrons. The highest BCUT2D eigenvalue weighted by molar-refractivity contribution is 5.70. The first-order valence-corrected chi connectivity index (χ1v) is 9.72. The molecule has 0 bridgehead atoms. The van der Waals surface area contributed by atoms with Crippen molar-refractivity contribution in [3.8, 4) is 45.0 Å². The Hall–Kier alpha value is -4.18. The molecule has 0 saturated heterocycles. The number of rotatable bonds is 4. The van der Waals surface area contributed by atoms with Gasteiger partial charge in [-0.2, -0.15) is 0 Å². The van der Waals surface area contributed by atoms with Crippen LogP contribution in [0.3, 0.4) is 0 Å². The monoisotopic (exact) mass is 386 g/mol. The van der Waals surface area contributed by atoms with E-state index < -0.39 is 0 Å². The van der Waals surface area contributed by atoms with Crippen LogP contribution >= 0.6 is 0 Å². The summed E-state index contributed by atoms with van der Waals surface area (Å²) >= 11 is 0. The molecule has 0 unspecified atom stereocenters. The molecule has 142 valence electrons. The van der Waals surface area contributed by atoms with Crippen LogP contribution in [-0.2, 0) is 0 Å². The van der Waals surface area contributed by atoms with Crippen molar-refractivity contribution in [2.24, 2.45) is 0 Å². The van der Waals surface area contributed by atoms with Crippen LogP contribution in [0.5, 0.6) is 0 Å². The molecule has 3 aromatic carbocycles. The molecule has 2 heterocycles. The Labute approximate surface area is 175 Å². The van der Waals surface area contributed by atoms with Gasteiger partial charge in [0.15, 0.2) is 5.82 Å². The molecule has 4 nitrogen and oxygen atoms in total. The predicted molar refractivity (Wildman–Crippen MR) is 119 cm³/mol. The van der Waals surface area contributed by atoms with E-state index in [2.05, 4.69) is 32.1 Å². The first kappa shape index (κ1) is 17.9. The predicted octanol–water partition coefficient (Wildman–Crippen LogP) is 5.93. The standard InChI is InChI=1S/C26H18N4/c1-3-7-19(8-4-1)23-16-27-26(28-17-23)22-13-11-21(12-14-22)25-15-24(29-18-30-25)20-9-5-2-6-10-20/h1-18H. The molecule has 0 atom stereocenters. The van der Waals surface area contributed by atoms with Gasteiger partial charge in [-0.3, -0.25) is 0 Å². The minimum atomic E-state index is 0.703. The fraction of sp³-hybridized carbons (Fsp3) is 0. The SMILES string of the molecule is c1ccc(-c2cnc(-c3ccc(-c4cc(-c5ccccc5)ncn4)cc3)nc2)cc1. The van der Waals surface area contributed by atoms with Gasteiger partial charge in [-0.05, 0) is 11.6 Å². The van der Waals surface area contributed by atoms with E-state index in [9.17, 15) is 0 Å². The Morgan fingerprint density at radius 2 is 0.900 bits per heavy atom. The van der Waals surface area contributed by atoms with Gasteiger partial charge < -0.3 is 0 Å². The summed E-state index contributed by atoms with van der Waals surface area (Å²) in [6, 6.07) is 30.4. The number of benzene rings is 3. The van der Waals surface area contributed by atoms with Crippen molar-refractivity contribution in [3.63, 3.8) is 0 Å². The molecule has 0 fully saturated rings. The van der Waals surface area contributed by atoms with Crippen molar-refractivity contribution in [1.82, 2.24) is 19.9 Å². The van der Waals surface area contributed by atoms with E-state index in [1.54, 1.807) is 6.33 Å². The third kappa shape index (κ3) is 3.71. The van der Waals surface area contributed by atoms with Gasteiger partial charge in [0, 0.05) is 34.6 Å². The summed E-state index contributed by atoms with van der Waals surface area (Å²) in [6.07, 6.45) is 5.33. The highest BCUT2D eigenvalue weighted by atomic mass is 14.9. The summed E-state index contributed by atoms with van der Waals surface area (Å²) in [5.41, 5.74) is 6.97. The van der Waals surface area contributed by atoms with Gasteiger partial charge >= 0.3 is 0 Å². The maximum Gasteiger partial charge on any atom is 0.159 e. The lowest BCUT2D eigenvalue weighted by Crippen LogP contribution is -1.91. The van der Waals surface area contributed by atoms with Crippen LogP contribution in [0, 0.1) is 0 Å². The Morgan fingerprint density at radius 1 is 0.400 bits per heavy atom. The molecule has 0 aliphatic heterocycles. The van der Waals surface area contributed by atoms with E-state index in [-0.39, 0.29) is 0 Å². The Morgan fingerprint density at radius 3 is 1.50 bits per heavy atom. The molecule has 0 N–H and O–H groups in total. The van der Waals surface area contributed by atoms with Crippen molar-refractivity contribution in [1.29, 1.82) is 0 Å². The molecule has 0 aliphatic rings. The fourth-order valence-corrected chi connectivity index (χ4v) is 3.33. The molecule has 0 spiro atoms. The van der Waals surface area contributed by atoms with Crippen LogP contribution in [0.2, 0.25) is 0 Å². The molecule has 30 heavy (non-hydrogen) atoms. The zero-order chi connectivity index (χ0) is 20.2. The molecule has 2 aromatic heterocycles. The van der Waals surface area contributed by atoms with Gasteiger partial charge in [-0.15, -0.1) is 0 Å². The molecule has 4 heteroatoms. The average Bonchev–Trinajstić information content (AvgIpc) is 2.85. The summed E-state index contributed by atoms with van der Waals surface area (Å²) in [4.78, 5) is 17.9. The highest BCUT2D eigenvalue weighted by Crippen LogP contribution is 2.25. The second-order valence-corrected chi connectivity index (χ2v) is 6.89. The lowest BCUT2D eigenvalue weighted by Gasteiger charge is -2.06. The van der Waals surface area contributed by atoms with Crippen LogP contribution < -0.4 is 0 Å². The number of hydrogen-bond acceptors (Lipinski definition) is 4. The smallest absolute Gasteiger partial charge is 0.159 e. The second-order valence-electron chi connectivity index (χ2n) is 6.89.